The summed E-state index contributed by atoms with van der Waals surface area (Å²) in [5.41, 5.74) is 0.580. The largest absolute Gasteiger partial charge is 0.497 e. The number of nitrogens with one attached hydrogen (secondary N) is 1. The summed E-state index contributed by atoms with van der Waals surface area (Å²) in [6.07, 6.45) is 0. The van der Waals surface area contributed by atoms with E-state index in [9.17, 15) is 4.79 Å². The van der Waals surface area contributed by atoms with Gasteiger partial charge in [0.2, 0.25) is 0 Å². The minimum Gasteiger partial charge on any atom is -0.497 e. The Morgan fingerprint density at radius 3 is 2.82 bits per heavy atom. The van der Waals surface area contributed by atoms with Gasteiger partial charge in [-0.25, -0.2) is 0 Å². The Balaban J connectivity index is 2.97. The van der Waals surface area contributed by atoms with Gasteiger partial charge in [0, 0.05) is 17.1 Å². The number of nitrogens with zero attached hydrogens (tertiary/aromatic N) is 1. The molecule has 90 valence electrons. The molecule has 2 rings (SSSR count). The summed E-state index contributed by atoms with van der Waals surface area (Å²) in [6, 6.07) is 3.53. The standard InChI is InChI=1S/C11H11BrN2O2S/c1-3-14-10(15)9-7(12)4-6(16-2)5-8(9)13-11(14)17/h4-5H,3H2,1-2H3,(H,13,17). The van der Waals surface area contributed by atoms with Gasteiger partial charge in [-0.1, -0.05) is 0 Å². The van der Waals surface area contributed by atoms with Gasteiger partial charge in [-0.15, -0.1) is 0 Å². The lowest BCUT2D eigenvalue weighted by Gasteiger charge is -2.08. The molecule has 0 aliphatic heterocycles. The number of halogens is 1. The van der Waals surface area contributed by atoms with Crippen LogP contribution in [0.15, 0.2) is 21.4 Å². The Morgan fingerprint density at radius 1 is 1.53 bits per heavy atom. The number of H-pyrrole nitrogens is 1. The van der Waals surface area contributed by atoms with Crippen LogP contribution in [-0.2, 0) is 6.54 Å². The second-order valence-corrected chi connectivity index (χ2v) is 4.75. The number of rotatable bonds is 2. The molecular weight excluding hydrogens is 304 g/mol. The number of aromatic amines is 1. The first-order valence-electron chi connectivity index (χ1n) is 5.08. The number of hydrogen-bond donors (Lipinski definition) is 1. The Kier molecular flexibility index (Phi) is 3.35. The second kappa shape index (κ2) is 4.62. The third-order valence-electron chi connectivity index (χ3n) is 2.56. The van der Waals surface area contributed by atoms with Crippen molar-refractivity contribution in [1.82, 2.24) is 9.55 Å². The van der Waals surface area contributed by atoms with E-state index in [2.05, 4.69) is 20.9 Å². The molecule has 0 aliphatic rings. The van der Waals surface area contributed by atoms with Gasteiger partial charge in [-0.05, 0) is 41.1 Å². The molecule has 0 aliphatic carbocycles. The molecule has 0 saturated carbocycles. The maximum absolute atomic E-state index is 12.2. The molecule has 0 amide bonds. The van der Waals surface area contributed by atoms with E-state index in [1.54, 1.807) is 19.2 Å². The highest BCUT2D eigenvalue weighted by molar-refractivity contribution is 9.10. The summed E-state index contributed by atoms with van der Waals surface area (Å²) in [4.78, 5) is 15.2. The number of hydrogen-bond acceptors (Lipinski definition) is 3. The normalized spacial score (nSPS) is 10.8. The molecule has 1 heterocycles. The molecular formula is C11H11BrN2O2S. The molecule has 0 radical (unpaired) electrons. The van der Waals surface area contributed by atoms with Crippen molar-refractivity contribution in [2.75, 3.05) is 7.11 Å². The van der Waals surface area contributed by atoms with Gasteiger partial charge in [0.1, 0.15) is 5.75 Å². The van der Waals surface area contributed by atoms with E-state index >= 15 is 0 Å². The number of benzene rings is 1. The van der Waals surface area contributed by atoms with Crippen molar-refractivity contribution in [3.8, 4) is 5.75 Å². The number of ether oxygens (including phenoxy) is 1. The van der Waals surface area contributed by atoms with Gasteiger partial charge in [0.15, 0.2) is 4.77 Å². The fourth-order valence-electron chi connectivity index (χ4n) is 1.71. The maximum Gasteiger partial charge on any atom is 0.263 e. The van der Waals surface area contributed by atoms with E-state index in [0.717, 1.165) is 0 Å². The predicted octanol–water partition coefficient (Wildman–Crippen LogP) is 2.85. The molecule has 0 unspecified atom stereocenters. The van der Waals surface area contributed by atoms with Gasteiger partial charge >= 0.3 is 0 Å². The van der Waals surface area contributed by atoms with E-state index in [4.69, 9.17) is 17.0 Å². The Morgan fingerprint density at radius 2 is 2.24 bits per heavy atom. The van der Waals surface area contributed by atoms with Crippen molar-refractivity contribution in [1.29, 1.82) is 0 Å². The summed E-state index contributed by atoms with van der Waals surface area (Å²) < 4.78 is 7.79. The maximum atomic E-state index is 12.2. The number of fused-ring (bicyclic) bond motifs is 1. The monoisotopic (exact) mass is 314 g/mol. The molecule has 2 aromatic rings. The van der Waals surface area contributed by atoms with Crippen molar-refractivity contribution < 1.29 is 4.74 Å². The summed E-state index contributed by atoms with van der Waals surface area (Å²) in [5, 5.41) is 0.584. The topological polar surface area (TPSA) is 47.0 Å². The highest BCUT2D eigenvalue weighted by atomic mass is 79.9. The van der Waals surface area contributed by atoms with Crippen molar-refractivity contribution in [3.05, 3.63) is 31.7 Å². The smallest absolute Gasteiger partial charge is 0.263 e. The summed E-state index contributed by atoms with van der Waals surface area (Å²) >= 11 is 8.52. The zero-order chi connectivity index (χ0) is 12.6. The lowest BCUT2D eigenvalue weighted by molar-refractivity contribution is 0.415. The third kappa shape index (κ3) is 2.02. The molecule has 1 aromatic carbocycles. The van der Waals surface area contributed by atoms with Crippen LogP contribution >= 0.6 is 28.1 Å². The average molecular weight is 315 g/mol. The molecule has 0 spiro atoms. The van der Waals surface area contributed by atoms with Gasteiger partial charge < -0.3 is 9.72 Å². The Labute approximate surface area is 111 Å². The average Bonchev–Trinajstić information content (AvgIpc) is 2.28. The zero-order valence-electron chi connectivity index (χ0n) is 9.41. The van der Waals surface area contributed by atoms with Crippen molar-refractivity contribution in [3.63, 3.8) is 0 Å². The summed E-state index contributed by atoms with van der Waals surface area (Å²) in [5.74, 6) is 0.670. The van der Waals surface area contributed by atoms with Crippen LogP contribution in [0, 0.1) is 4.77 Å². The molecule has 4 nitrogen and oxygen atoms in total. The fraction of sp³-hybridized carbons (Fsp3) is 0.273. The third-order valence-corrected chi connectivity index (χ3v) is 3.51. The van der Waals surface area contributed by atoms with Crippen LogP contribution in [0.5, 0.6) is 5.75 Å². The lowest BCUT2D eigenvalue weighted by atomic mass is 10.2. The quantitative estimate of drug-likeness (QED) is 0.867. The van der Waals surface area contributed by atoms with Gasteiger partial charge in [0.05, 0.1) is 18.0 Å². The first-order valence-corrected chi connectivity index (χ1v) is 6.29. The minimum atomic E-state index is -0.0965. The molecule has 0 fully saturated rings. The van der Waals surface area contributed by atoms with Crippen LogP contribution in [0.1, 0.15) is 6.92 Å². The SMILES string of the molecule is CCn1c(=S)[nH]c2cc(OC)cc(Br)c2c1=O. The van der Waals surface area contributed by atoms with Crippen molar-refractivity contribution >= 4 is 39.1 Å². The van der Waals surface area contributed by atoms with E-state index in [1.165, 1.54) is 4.57 Å². The molecule has 6 heteroatoms. The van der Waals surface area contributed by atoms with Crippen molar-refractivity contribution in [2.24, 2.45) is 0 Å². The molecule has 17 heavy (non-hydrogen) atoms. The van der Waals surface area contributed by atoms with Crippen LogP contribution in [0.3, 0.4) is 0 Å². The van der Waals surface area contributed by atoms with Crippen LogP contribution < -0.4 is 10.3 Å². The first-order chi connectivity index (χ1) is 8.08. The van der Waals surface area contributed by atoms with Gasteiger partial charge in [-0.3, -0.25) is 9.36 Å². The Bertz CT molecular complexity index is 690. The van der Waals surface area contributed by atoms with Gasteiger partial charge in [-0.2, -0.15) is 0 Å². The van der Waals surface area contributed by atoms with Crippen LogP contribution in [0.25, 0.3) is 10.9 Å². The molecule has 0 bridgehead atoms. The number of methoxy groups -OCH3 is 1. The molecule has 0 saturated heterocycles. The van der Waals surface area contributed by atoms with E-state index in [-0.39, 0.29) is 5.56 Å². The summed E-state index contributed by atoms with van der Waals surface area (Å²) in [6.45, 7) is 2.43. The molecule has 1 N–H and O–H groups in total. The summed E-state index contributed by atoms with van der Waals surface area (Å²) in [7, 11) is 1.58. The minimum absolute atomic E-state index is 0.0965. The fourth-order valence-corrected chi connectivity index (χ4v) is 2.64. The van der Waals surface area contributed by atoms with Crippen molar-refractivity contribution in [2.45, 2.75) is 13.5 Å². The highest BCUT2D eigenvalue weighted by Crippen LogP contribution is 2.25. The molecule has 1 aromatic heterocycles. The van der Waals surface area contributed by atoms with Crippen LogP contribution in [0.4, 0.5) is 0 Å². The van der Waals surface area contributed by atoms with E-state index in [0.29, 0.717) is 32.4 Å². The van der Waals surface area contributed by atoms with E-state index < -0.39 is 0 Å². The van der Waals surface area contributed by atoms with E-state index in [1.807, 2.05) is 6.92 Å². The molecule has 0 atom stereocenters. The van der Waals surface area contributed by atoms with Crippen LogP contribution in [-0.4, -0.2) is 16.7 Å². The zero-order valence-corrected chi connectivity index (χ0v) is 11.8. The second-order valence-electron chi connectivity index (χ2n) is 3.51. The highest BCUT2D eigenvalue weighted by Gasteiger charge is 2.09. The number of aromatic nitrogens is 2. The van der Waals surface area contributed by atoms with Crippen LogP contribution in [0.2, 0.25) is 0 Å². The first kappa shape index (κ1) is 12.3. The Hall–Kier alpha value is -1.14. The van der Waals surface area contributed by atoms with Gasteiger partial charge in [0.25, 0.3) is 5.56 Å². The predicted molar refractivity (Wildman–Crippen MR) is 73.3 cm³/mol. The lowest BCUT2D eigenvalue weighted by Crippen LogP contribution is -2.21.